The third-order valence-corrected chi connectivity index (χ3v) is 5.92. The molecule has 1 amide bonds. The van der Waals surface area contributed by atoms with E-state index >= 15 is 0 Å². The van der Waals surface area contributed by atoms with Gasteiger partial charge in [-0.15, -0.1) is 0 Å². The molecule has 0 unspecified atom stereocenters. The molecule has 1 aliphatic heterocycles. The second-order valence-electron chi connectivity index (χ2n) is 7.71. The minimum atomic E-state index is -1.08. The summed E-state index contributed by atoms with van der Waals surface area (Å²) in [5.74, 6) is -1.26. The molecule has 1 heterocycles. The molecule has 0 aliphatic carbocycles. The minimum absolute atomic E-state index is 0.0288. The number of carbonyl (C=O) groups excluding carboxylic acids is 2. The molecule has 0 atom stereocenters. The van der Waals surface area contributed by atoms with Gasteiger partial charge in [0.1, 0.15) is 12.1 Å². The number of benzene rings is 2. The number of Topliss-reactive ketones (excluding diaryl/α,β-unsaturated/α-hetero) is 1. The van der Waals surface area contributed by atoms with Crippen molar-refractivity contribution in [3.8, 4) is 0 Å². The SMILES string of the molecule is [C-]#[N+]c1ccc(N2C(=O)C(C)(C)N(c3ccc(COCC(=O)CC)cc3)C2=S)c(F)c1Cl. The molecular formula is C23H21ClFN3O3S. The highest BCUT2D eigenvalue weighted by molar-refractivity contribution is 7.81. The monoisotopic (exact) mass is 473 g/mol. The number of anilines is 2. The van der Waals surface area contributed by atoms with Crippen LogP contribution in [0.3, 0.4) is 0 Å². The number of hydrogen-bond acceptors (Lipinski definition) is 4. The van der Waals surface area contributed by atoms with Gasteiger partial charge in [-0.2, -0.15) is 0 Å². The predicted molar refractivity (Wildman–Crippen MR) is 126 cm³/mol. The number of ether oxygens (including phenoxy) is 1. The zero-order chi connectivity index (χ0) is 23.6. The van der Waals surface area contributed by atoms with E-state index in [4.69, 9.17) is 35.1 Å². The highest BCUT2D eigenvalue weighted by Crippen LogP contribution is 2.40. The molecule has 0 aromatic heterocycles. The number of nitrogens with zero attached hydrogens (tertiary/aromatic N) is 3. The standard InChI is InChI=1S/C23H21ClFN3O3S/c1-5-16(29)13-31-12-14-6-8-15(9-7-14)28-22(32)27(21(30)23(28,2)3)18-11-10-17(26-4)19(24)20(18)25/h6-11H,5,12-13H2,1-3H3. The maximum absolute atomic E-state index is 14.9. The summed E-state index contributed by atoms with van der Waals surface area (Å²) in [5.41, 5.74) is 0.281. The Hall–Kier alpha value is -2.86. The van der Waals surface area contributed by atoms with Gasteiger partial charge in [-0.1, -0.05) is 36.7 Å². The number of ketones is 1. The van der Waals surface area contributed by atoms with Gasteiger partial charge in [0.15, 0.2) is 16.7 Å². The van der Waals surface area contributed by atoms with Crippen LogP contribution in [0.5, 0.6) is 0 Å². The van der Waals surface area contributed by atoms with Gasteiger partial charge in [0.25, 0.3) is 5.91 Å². The summed E-state index contributed by atoms with van der Waals surface area (Å²) in [4.78, 5) is 30.5. The molecule has 32 heavy (non-hydrogen) atoms. The average molecular weight is 474 g/mol. The molecule has 6 nitrogen and oxygen atoms in total. The van der Waals surface area contributed by atoms with Crippen LogP contribution in [0.4, 0.5) is 21.5 Å². The highest BCUT2D eigenvalue weighted by Gasteiger charge is 2.51. The summed E-state index contributed by atoms with van der Waals surface area (Å²) in [6.07, 6.45) is 0.428. The number of thiocarbonyl (C=S) groups is 1. The first-order chi connectivity index (χ1) is 15.1. The summed E-state index contributed by atoms with van der Waals surface area (Å²) >= 11 is 11.5. The summed E-state index contributed by atoms with van der Waals surface area (Å²) in [7, 11) is 0. The Morgan fingerprint density at radius 1 is 1.25 bits per heavy atom. The Morgan fingerprint density at radius 3 is 2.50 bits per heavy atom. The number of rotatable bonds is 7. The van der Waals surface area contributed by atoms with Crippen LogP contribution in [-0.2, 0) is 20.9 Å². The zero-order valence-corrected chi connectivity index (χ0v) is 19.4. The third kappa shape index (κ3) is 4.24. The number of amides is 1. The van der Waals surface area contributed by atoms with Crippen LogP contribution >= 0.6 is 23.8 Å². The first-order valence-electron chi connectivity index (χ1n) is 9.86. The lowest BCUT2D eigenvalue weighted by atomic mass is 10.0. The van der Waals surface area contributed by atoms with Crippen LogP contribution < -0.4 is 9.80 Å². The van der Waals surface area contributed by atoms with Crippen molar-refractivity contribution in [2.24, 2.45) is 0 Å². The lowest BCUT2D eigenvalue weighted by Crippen LogP contribution is -2.44. The average Bonchev–Trinajstić information content (AvgIpc) is 2.94. The van der Waals surface area contributed by atoms with Crippen LogP contribution in [0.25, 0.3) is 4.85 Å². The molecule has 0 bridgehead atoms. The molecule has 166 valence electrons. The van der Waals surface area contributed by atoms with E-state index in [0.717, 1.165) is 10.5 Å². The topological polar surface area (TPSA) is 54.2 Å². The Labute approximate surface area is 196 Å². The normalized spacial score (nSPS) is 15.2. The minimum Gasteiger partial charge on any atom is -0.369 e. The number of hydrogen-bond donors (Lipinski definition) is 0. The largest absolute Gasteiger partial charge is 0.369 e. The highest BCUT2D eigenvalue weighted by atomic mass is 35.5. The summed E-state index contributed by atoms with van der Waals surface area (Å²) < 4.78 is 20.3. The maximum Gasteiger partial charge on any atom is 0.259 e. The molecule has 0 radical (unpaired) electrons. The van der Waals surface area contributed by atoms with Crippen LogP contribution in [0.2, 0.25) is 5.02 Å². The fourth-order valence-electron chi connectivity index (χ4n) is 3.36. The molecule has 1 saturated heterocycles. The van der Waals surface area contributed by atoms with E-state index in [9.17, 15) is 14.0 Å². The maximum atomic E-state index is 14.9. The molecule has 9 heteroatoms. The molecule has 1 fully saturated rings. The number of carbonyl (C=O) groups is 2. The fraction of sp³-hybridized carbons (Fsp3) is 0.304. The van der Waals surface area contributed by atoms with Gasteiger partial charge >= 0.3 is 0 Å². The van der Waals surface area contributed by atoms with E-state index in [2.05, 4.69) is 4.85 Å². The van der Waals surface area contributed by atoms with Crippen LogP contribution in [-0.4, -0.2) is 28.9 Å². The Morgan fingerprint density at radius 2 is 1.91 bits per heavy atom. The molecule has 0 N–H and O–H groups in total. The molecule has 0 saturated carbocycles. The van der Waals surface area contributed by atoms with Crippen molar-refractivity contribution in [2.45, 2.75) is 39.3 Å². The first kappa shape index (κ1) is 23.8. The van der Waals surface area contributed by atoms with E-state index in [-0.39, 0.29) is 40.5 Å². The van der Waals surface area contributed by atoms with E-state index in [1.165, 1.54) is 12.1 Å². The summed E-state index contributed by atoms with van der Waals surface area (Å²) in [6.45, 7) is 12.6. The van der Waals surface area contributed by atoms with Crippen molar-refractivity contribution in [1.82, 2.24) is 0 Å². The molecule has 0 spiro atoms. The summed E-state index contributed by atoms with van der Waals surface area (Å²) in [5, 5.41) is -0.252. The van der Waals surface area contributed by atoms with Crippen molar-refractivity contribution in [1.29, 1.82) is 0 Å². The van der Waals surface area contributed by atoms with Gasteiger partial charge < -0.3 is 9.64 Å². The quantitative estimate of drug-likeness (QED) is 0.396. The smallest absolute Gasteiger partial charge is 0.259 e. The zero-order valence-electron chi connectivity index (χ0n) is 17.8. The van der Waals surface area contributed by atoms with Crippen molar-refractivity contribution in [3.05, 3.63) is 64.2 Å². The van der Waals surface area contributed by atoms with Gasteiger partial charge in [0.05, 0.1) is 23.9 Å². The van der Waals surface area contributed by atoms with Gasteiger partial charge in [0.2, 0.25) is 5.69 Å². The van der Waals surface area contributed by atoms with Crippen LogP contribution in [0.1, 0.15) is 32.8 Å². The first-order valence-corrected chi connectivity index (χ1v) is 10.6. The molecule has 2 aromatic rings. The van der Waals surface area contributed by atoms with Crippen LogP contribution in [0, 0.1) is 12.4 Å². The van der Waals surface area contributed by atoms with Gasteiger partial charge in [-0.3, -0.25) is 14.5 Å². The fourth-order valence-corrected chi connectivity index (χ4v) is 4.07. The van der Waals surface area contributed by atoms with Crippen molar-refractivity contribution in [3.63, 3.8) is 0 Å². The van der Waals surface area contributed by atoms with Crippen molar-refractivity contribution < 1.29 is 18.7 Å². The molecular weight excluding hydrogens is 453 g/mol. The van der Waals surface area contributed by atoms with E-state index in [1.807, 2.05) is 12.1 Å². The Kier molecular flexibility index (Phi) is 6.94. The second kappa shape index (κ2) is 9.33. The number of halogens is 2. The van der Waals surface area contributed by atoms with Crippen molar-refractivity contribution >= 4 is 57.7 Å². The van der Waals surface area contributed by atoms with E-state index in [0.29, 0.717) is 12.1 Å². The molecule has 1 aliphatic rings. The Balaban J connectivity index is 1.88. The molecule has 3 rings (SSSR count). The lowest BCUT2D eigenvalue weighted by molar-refractivity contribution is -0.123. The lowest BCUT2D eigenvalue weighted by Gasteiger charge is -2.29. The van der Waals surface area contributed by atoms with E-state index < -0.39 is 17.3 Å². The summed E-state index contributed by atoms with van der Waals surface area (Å²) in [6, 6.07) is 9.90. The van der Waals surface area contributed by atoms with Gasteiger partial charge in [0, 0.05) is 12.1 Å². The van der Waals surface area contributed by atoms with Gasteiger partial charge in [-0.25, -0.2) is 9.24 Å². The second-order valence-corrected chi connectivity index (χ2v) is 8.46. The van der Waals surface area contributed by atoms with E-state index in [1.54, 1.807) is 37.8 Å². The van der Waals surface area contributed by atoms with Gasteiger partial charge in [-0.05, 0) is 49.8 Å². The Bertz CT molecular complexity index is 1130. The predicted octanol–water partition coefficient (Wildman–Crippen LogP) is 5.44. The third-order valence-electron chi connectivity index (χ3n) is 5.19. The van der Waals surface area contributed by atoms with Crippen molar-refractivity contribution in [2.75, 3.05) is 16.4 Å². The van der Waals surface area contributed by atoms with Crippen LogP contribution in [0.15, 0.2) is 36.4 Å². The molecule has 2 aromatic carbocycles.